The van der Waals surface area contributed by atoms with Crippen molar-refractivity contribution in [2.24, 2.45) is 5.41 Å². The van der Waals surface area contributed by atoms with E-state index in [1.165, 1.54) is 18.2 Å². The fraction of sp³-hybridized carbons (Fsp3) is 0.346. The first-order chi connectivity index (χ1) is 15.9. The van der Waals surface area contributed by atoms with Crippen LogP contribution in [-0.4, -0.2) is 41.5 Å². The third-order valence-corrected chi connectivity index (χ3v) is 6.17. The Labute approximate surface area is 192 Å². The highest BCUT2D eigenvalue weighted by Gasteiger charge is 2.44. The Bertz CT molecular complexity index is 1140. The third kappa shape index (κ3) is 4.97. The minimum Gasteiger partial charge on any atom is -0.361 e. The highest BCUT2D eigenvalue weighted by atomic mass is 19.1. The van der Waals surface area contributed by atoms with Gasteiger partial charge in [-0.3, -0.25) is 9.59 Å². The predicted octanol–water partition coefficient (Wildman–Crippen LogP) is 4.39. The average Bonchev–Trinajstić information content (AvgIpc) is 3.27. The minimum atomic E-state index is -0.846. The van der Waals surface area contributed by atoms with E-state index in [1.807, 2.05) is 44.2 Å². The van der Waals surface area contributed by atoms with Crippen molar-refractivity contribution in [3.05, 3.63) is 77.3 Å². The maximum atomic E-state index is 13.7. The summed E-state index contributed by atoms with van der Waals surface area (Å²) < 4.78 is 19.3. The molecule has 1 fully saturated rings. The molecule has 0 radical (unpaired) electrons. The summed E-state index contributed by atoms with van der Waals surface area (Å²) in [6.45, 7) is 5.13. The van der Waals surface area contributed by atoms with Gasteiger partial charge in [0.05, 0.1) is 5.41 Å². The summed E-state index contributed by atoms with van der Waals surface area (Å²) >= 11 is 0. The molecule has 4 rings (SSSR count). The molecule has 33 heavy (non-hydrogen) atoms. The van der Waals surface area contributed by atoms with Gasteiger partial charge < -0.3 is 14.7 Å². The lowest BCUT2D eigenvalue weighted by Crippen LogP contribution is -2.54. The number of nitrogens with zero attached hydrogens (tertiary/aromatic N) is 2. The molecule has 0 aliphatic carbocycles. The Hall–Kier alpha value is -3.48. The van der Waals surface area contributed by atoms with Crippen LogP contribution in [0.2, 0.25) is 0 Å². The molecule has 1 aliphatic heterocycles. The summed E-state index contributed by atoms with van der Waals surface area (Å²) in [6, 6.07) is 15.5. The lowest BCUT2D eigenvalue weighted by atomic mass is 9.75. The number of rotatable bonds is 6. The molecular weight excluding hydrogens is 421 g/mol. The first-order valence-electron chi connectivity index (χ1n) is 11.3. The fourth-order valence-electron chi connectivity index (χ4n) is 4.46. The molecule has 172 valence electrons. The summed E-state index contributed by atoms with van der Waals surface area (Å²) in [7, 11) is 0. The normalized spacial score (nSPS) is 18.2. The second-order valence-corrected chi connectivity index (χ2v) is 8.70. The van der Waals surface area contributed by atoms with Crippen molar-refractivity contribution in [1.82, 2.24) is 15.4 Å². The quantitative estimate of drug-likeness (QED) is 0.606. The van der Waals surface area contributed by atoms with Gasteiger partial charge in [0.25, 0.3) is 5.91 Å². The van der Waals surface area contributed by atoms with Gasteiger partial charge in [-0.1, -0.05) is 41.1 Å². The number of carbonyl (C=O) groups excluding carboxylic acids is 2. The third-order valence-electron chi connectivity index (χ3n) is 6.17. The molecule has 0 unspecified atom stereocenters. The number of benzene rings is 2. The van der Waals surface area contributed by atoms with Gasteiger partial charge in [-0.05, 0) is 44.9 Å². The molecule has 1 aromatic heterocycles. The topological polar surface area (TPSA) is 75.4 Å². The number of aromatic nitrogens is 1. The van der Waals surface area contributed by atoms with Gasteiger partial charge >= 0.3 is 0 Å². The van der Waals surface area contributed by atoms with Crippen LogP contribution in [0.3, 0.4) is 0 Å². The van der Waals surface area contributed by atoms with Crippen LogP contribution >= 0.6 is 0 Å². The van der Waals surface area contributed by atoms with Crippen LogP contribution in [0.15, 0.2) is 59.1 Å². The monoisotopic (exact) mass is 449 g/mol. The lowest BCUT2D eigenvalue weighted by Gasteiger charge is -2.41. The molecule has 0 saturated carbocycles. The summed E-state index contributed by atoms with van der Waals surface area (Å²) in [5.74, 6) is -0.258. The lowest BCUT2D eigenvalue weighted by molar-refractivity contribution is -0.133. The molecule has 1 aliphatic rings. The standard InChI is InChI=1S/C26H28FN3O3/c1-3-28-25(32)26(16-22-15-23(29-33-22)19-10-8-18(2)9-11-19)12-5-13-30(17-26)24(31)20-6-4-7-21(27)14-20/h4,6-11,14-15H,3,5,12-13,16-17H2,1-2H3,(H,28,32)/t26-/m1/s1. The summed E-state index contributed by atoms with van der Waals surface area (Å²) in [6.07, 6.45) is 1.61. The number of nitrogens with one attached hydrogen (secondary N) is 1. The van der Waals surface area contributed by atoms with Crippen molar-refractivity contribution in [1.29, 1.82) is 0 Å². The van der Waals surface area contributed by atoms with Crippen LogP contribution in [0.25, 0.3) is 11.3 Å². The van der Waals surface area contributed by atoms with E-state index in [4.69, 9.17) is 4.52 Å². The largest absolute Gasteiger partial charge is 0.361 e. The van der Waals surface area contributed by atoms with Crippen molar-refractivity contribution in [2.45, 2.75) is 33.1 Å². The Morgan fingerprint density at radius 3 is 2.70 bits per heavy atom. The summed E-state index contributed by atoms with van der Waals surface area (Å²) in [5, 5.41) is 7.13. The van der Waals surface area contributed by atoms with Crippen molar-refractivity contribution >= 4 is 11.8 Å². The highest BCUT2D eigenvalue weighted by Crippen LogP contribution is 2.36. The molecule has 0 spiro atoms. The van der Waals surface area contributed by atoms with Gasteiger partial charge in [0.1, 0.15) is 17.3 Å². The number of aryl methyl sites for hydroxylation is 1. The zero-order valence-electron chi connectivity index (χ0n) is 18.9. The maximum absolute atomic E-state index is 13.7. The molecule has 1 saturated heterocycles. The number of likely N-dealkylation sites (tertiary alicyclic amines) is 1. The number of halogens is 1. The number of hydrogen-bond acceptors (Lipinski definition) is 4. The molecule has 2 aromatic carbocycles. The molecule has 2 amide bonds. The zero-order valence-corrected chi connectivity index (χ0v) is 18.9. The van der Waals surface area contributed by atoms with Crippen LogP contribution in [0, 0.1) is 18.2 Å². The summed E-state index contributed by atoms with van der Waals surface area (Å²) in [5.41, 5.74) is 2.24. The van der Waals surface area contributed by atoms with E-state index in [2.05, 4.69) is 10.5 Å². The molecule has 2 heterocycles. The Kier molecular flexibility index (Phi) is 6.58. The predicted molar refractivity (Wildman–Crippen MR) is 123 cm³/mol. The Balaban J connectivity index is 1.59. The van der Waals surface area contributed by atoms with Crippen LogP contribution in [-0.2, 0) is 11.2 Å². The molecule has 3 aromatic rings. The SMILES string of the molecule is CCNC(=O)[C@@]1(Cc2cc(-c3ccc(C)cc3)no2)CCCN(C(=O)c2cccc(F)c2)C1. The number of piperidine rings is 1. The molecular formula is C26H28FN3O3. The number of carbonyl (C=O) groups is 2. The first-order valence-corrected chi connectivity index (χ1v) is 11.3. The molecule has 7 heteroatoms. The van der Waals surface area contributed by atoms with Crippen molar-refractivity contribution < 1.29 is 18.5 Å². The summed E-state index contributed by atoms with van der Waals surface area (Å²) in [4.78, 5) is 28.0. The van der Waals surface area contributed by atoms with Gasteiger partial charge in [-0.25, -0.2) is 4.39 Å². The second kappa shape index (κ2) is 9.57. The van der Waals surface area contributed by atoms with E-state index >= 15 is 0 Å². The van der Waals surface area contributed by atoms with E-state index in [-0.39, 0.29) is 23.9 Å². The van der Waals surface area contributed by atoms with Gasteiger partial charge in [-0.2, -0.15) is 0 Å². The van der Waals surface area contributed by atoms with Crippen LogP contribution in [0.5, 0.6) is 0 Å². The van der Waals surface area contributed by atoms with Crippen LogP contribution in [0.4, 0.5) is 4.39 Å². The molecule has 1 N–H and O–H groups in total. The maximum Gasteiger partial charge on any atom is 0.253 e. The average molecular weight is 450 g/mol. The zero-order chi connectivity index (χ0) is 23.4. The van der Waals surface area contributed by atoms with Gasteiger partial charge in [0.15, 0.2) is 0 Å². The molecule has 6 nitrogen and oxygen atoms in total. The van der Waals surface area contributed by atoms with Crippen molar-refractivity contribution in [3.8, 4) is 11.3 Å². The highest BCUT2D eigenvalue weighted by molar-refractivity contribution is 5.95. The molecule has 1 atom stereocenters. The van der Waals surface area contributed by atoms with Gasteiger partial charge in [0.2, 0.25) is 5.91 Å². The van der Waals surface area contributed by atoms with Crippen molar-refractivity contribution in [3.63, 3.8) is 0 Å². The van der Waals surface area contributed by atoms with E-state index < -0.39 is 11.2 Å². The van der Waals surface area contributed by atoms with Crippen LogP contribution < -0.4 is 5.32 Å². The van der Waals surface area contributed by atoms with Gasteiger partial charge in [-0.15, -0.1) is 0 Å². The smallest absolute Gasteiger partial charge is 0.253 e. The fourth-order valence-corrected chi connectivity index (χ4v) is 4.46. The number of amides is 2. The first kappa shape index (κ1) is 22.7. The Morgan fingerprint density at radius 2 is 1.97 bits per heavy atom. The minimum absolute atomic E-state index is 0.116. The molecule has 0 bridgehead atoms. The Morgan fingerprint density at radius 1 is 1.18 bits per heavy atom. The van der Waals surface area contributed by atoms with E-state index in [1.54, 1.807) is 11.0 Å². The van der Waals surface area contributed by atoms with Gasteiger partial charge in [0, 0.05) is 43.2 Å². The van der Waals surface area contributed by atoms with E-state index in [0.29, 0.717) is 43.8 Å². The van der Waals surface area contributed by atoms with E-state index in [0.717, 1.165) is 11.1 Å². The second-order valence-electron chi connectivity index (χ2n) is 8.70. The van der Waals surface area contributed by atoms with E-state index in [9.17, 15) is 14.0 Å². The van der Waals surface area contributed by atoms with Crippen molar-refractivity contribution in [2.75, 3.05) is 19.6 Å². The van der Waals surface area contributed by atoms with Crippen LogP contribution in [0.1, 0.15) is 41.4 Å². The number of hydrogen-bond donors (Lipinski definition) is 1.